The number of piperazine rings is 1. The fourth-order valence-electron chi connectivity index (χ4n) is 1.51. The van der Waals surface area contributed by atoms with Gasteiger partial charge in [-0.05, 0) is 6.92 Å². The first kappa shape index (κ1) is 12.7. The molecule has 1 aliphatic heterocycles. The molecular weight excluding hydrogens is 208 g/mol. The van der Waals surface area contributed by atoms with Gasteiger partial charge in [-0.15, -0.1) is 0 Å². The Morgan fingerprint density at radius 2 is 2.19 bits per heavy atom. The number of esters is 1. The Hall–Kier alpha value is -1.36. The second-order valence-corrected chi connectivity index (χ2v) is 3.85. The van der Waals surface area contributed by atoms with Crippen LogP contribution in [0, 0.1) is 0 Å². The summed E-state index contributed by atoms with van der Waals surface area (Å²) in [5, 5.41) is 0. The number of likely N-dealkylation sites (N-methyl/N-ethyl adjacent to an activating group) is 1. The van der Waals surface area contributed by atoms with E-state index in [4.69, 9.17) is 4.74 Å². The molecule has 0 aliphatic carbocycles. The Balaban J connectivity index is 2.40. The Labute approximate surface area is 95.6 Å². The van der Waals surface area contributed by atoms with Crippen LogP contribution in [-0.2, 0) is 14.3 Å². The maximum absolute atomic E-state index is 11.4. The van der Waals surface area contributed by atoms with Crippen molar-refractivity contribution in [2.45, 2.75) is 6.92 Å². The van der Waals surface area contributed by atoms with Gasteiger partial charge in [-0.1, -0.05) is 6.58 Å². The summed E-state index contributed by atoms with van der Waals surface area (Å²) in [5.74, 6) is -0.309. The first-order valence-corrected chi connectivity index (χ1v) is 5.35. The third kappa shape index (κ3) is 3.34. The van der Waals surface area contributed by atoms with Crippen molar-refractivity contribution in [1.82, 2.24) is 9.80 Å². The van der Waals surface area contributed by atoms with Crippen LogP contribution in [0.4, 0.5) is 0 Å². The quantitative estimate of drug-likeness (QED) is 0.495. The molecule has 0 atom stereocenters. The fourth-order valence-corrected chi connectivity index (χ4v) is 1.51. The number of nitrogens with zero attached hydrogens (tertiary/aromatic N) is 2. The zero-order chi connectivity index (χ0) is 12.1. The Kier molecular flexibility index (Phi) is 4.49. The summed E-state index contributed by atoms with van der Waals surface area (Å²) in [5.41, 5.74) is 0.402. The lowest BCUT2D eigenvalue weighted by molar-refractivity contribution is -0.140. The molecule has 0 aromatic carbocycles. The summed E-state index contributed by atoms with van der Waals surface area (Å²) in [7, 11) is 1.78. The molecule has 1 aliphatic rings. The van der Waals surface area contributed by atoms with E-state index in [1.807, 2.05) is 4.90 Å². The highest BCUT2D eigenvalue weighted by Gasteiger charge is 2.22. The van der Waals surface area contributed by atoms with Gasteiger partial charge in [0.05, 0.1) is 13.2 Å². The number of ether oxygens (including phenoxy) is 1. The molecule has 0 aromatic heterocycles. The normalized spacial score (nSPS) is 17.4. The van der Waals surface area contributed by atoms with Crippen molar-refractivity contribution in [2.24, 2.45) is 0 Å². The minimum atomic E-state index is -0.381. The van der Waals surface area contributed by atoms with E-state index in [-0.39, 0.29) is 11.9 Å². The van der Waals surface area contributed by atoms with Crippen LogP contribution in [0.25, 0.3) is 0 Å². The predicted octanol–water partition coefficient (Wildman–Crippen LogP) is -0.120. The van der Waals surface area contributed by atoms with Crippen LogP contribution in [0.5, 0.6) is 0 Å². The van der Waals surface area contributed by atoms with E-state index in [1.54, 1.807) is 18.9 Å². The van der Waals surface area contributed by atoms with Crippen molar-refractivity contribution in [3.8, 4) is 0 Å². The number of amides is 1. The fraction of sp³-hybridized carbons (Fsp3) is 0.636. The molecule has 5 nitrogen and oxygen atoms in total. The molecule has 0 N–H and O–H groups in total. The highest BCUT2D eigenvalue weighted by atomic mass is 16.5. The molecule has 0 saturated carbocycles. The van der Waals surface area contributed by atoms with Crippen molar-refractivity contribution < 1.29 is 14.3 Å². The average molecular weight is 226 g/mol. The van der Waals surface area contributed by atoms with Gasteiger partial charge in [0.15, 0.2) is 0 Å². The molecule has 1 rings (SSSR count). The SMILES string of the molecule is C=C(CN1CCN(C)C(=O)C1)C(=O)OCC. The summed E-state index contributed by atoms with van der Waals surface area (Å²) in [4.78, 5) is 26.3. The lowest BCUT2D eigenvalue weighted by Crippen LogP contribution is -2.49. The van der Waals surface area contributed by atoms with Crippen LogP contribution < -0.4 is 0 Å². The Bertz CT molecular complexity index is 302. The van der Waals surface area contributed by atoms with E-state index in [0.717, 1.165) is 6.54 Å². The molecule has 1 amide bonds. The maximum Gasteiger partial charge on any atom is 0.334 e. The van der Waals surface area contributed by atoms with Gasteiger partial charge >= 0.3 is 5.97 Å². The zero-order valence-electron chi connectivity index (χ0n) is 9.86. The van der Waals surface area contributed by atoms with Gasteiger partial charge in [0.25, 0.3) is 0 Å². The molecule has 0 radical (unpaired) electrons. The molecule has 1 saturated heterocycles. The van der Waals surface area contributed by atoms with Crippen molar-refractivity contribution in [1.29, 1.82) is 0 Å². The molecule has 5 heteroatoms. The molecule has 0 unspecified atom stereocenters. The number of hydrogen-bond donors (Lipinski definition) is 0. The highest BCUT2D eigenvalue weighted by molar-refractivity contribution is 5.88. The molecule has 16 heavy (non-hydrogen) atoms. The molecule has 1 fully saturated rings. The third-order valence-electron chi connectivity index (χ3n) is 2.51. The average Bonchev–Trinajstić information content (AvgIpc) is 2.24. The van der Waals surface area contributed by atoms with E-state index < -0.39 is 0 Å². The van der Waals surface area contributed by atoms with Crippen LogP contribution >= 0.6 is 0 Å². The number of rotatable bonds is 4. The summed E-state index contributed by atoms with van der Waals surface area (Å²) < 4.78 is 4.83. The van der Waals surface area contributed by atoms with E-state index in [2.05, 4.69) is 6.58 Å². The number of carbonyl (C=O) groups is 2. The van der Waals surface area contributed by atoms with Crippen LogP contribution in [0.3, 0.4) is 0 Å². The van der Waals surface area contributed by atoms with Gasteiger partial charge < -0.3 is 9.64 Å². The third-order valence-corrected chi connectivity index (χ3v) is 2.51. The predicted molar refractivity (Wildman–Crippen MR) is 59.9 cm³/mol. The van der Waals surface area contributed by atoms with E-state index in [9.17, 15) is 9.59 Å². The maximum atomic E-state index is 11.4. The highest BCUT2D eigenvalue weighted by Crippen LogP contribution is 2.05. The van der Waals surface area contributed by atoms with Crippen LogP contribution in [-0.4, -0.2) is 61.5 Å². The van der Waals surface area contributed by atoms with E-state index >= 15 is 0 Å². The summed E-state index contributed by atoms with van der Waals surface area (Å²) >= 11 is 0. The monoisotopic (exact) mass is 226 g/mol. The summed E-state index contributed by atoms with van der Waals surface area (Å²) in [6.45, 7) is 7.97. The summed E-state index contributed by atoms with van der Waals surface area (Å²) in [6, 6.07) is 0. The molecule has 90 valence electrons. The standard InChI is InChI=1S/C11H18N2O3/c1-4-16-11(15)9(2)7-13-6-5-12(3)10(14)8-13/h2,4-8H2,1,3H3. The van der Waals surface area contributed by atoms with Gasteiger partial charge in [0.2, 0.25) is 5.91 Å². The number of hydrogen-bond acceptors (Lipinski definition) is 4. The topological polar surface area (TPSA) is 49.9 Å². The first-order chi connectivity index (χ1) is 7.54. The van der Waals surface area contributed by atoms with Crippen LogP contribution in [0.1, 0.15) is 6.92 Å². The smallest absolute Gasteiger partial charge is 0.334 e. The van der Waals surface area contributed by atoms with Crippen molar-refractivity contribution >= 4 is 11.9 Å². The largest absolute Gasteiger partial charge is 0.463 e. The lowest BCUT2D eigenvalue weighted by Gasteiger charge is -2.31. The van der Waals surface area contributed by atoms with Crippen molar-refractivity contribution in [2.75, 3.05) is 39.8 Å². The molecule has 0 bridgehead atoms. The lowest BCUT2D eigenvalue weighted by atomic mass is 10.2. The number of carbonyl (C=O) groups excluding carboxylic acids is 2. The van der Waals surface area contributed by atoms with E-state index in [0.29, 0.717) is 31.8 Å². The van der Waals surface area contributed by atoms with Crippen molar-refractivity contribution in [3.63, 3.8) is 0 Å². The van der Waals surface area contributed by atoms with Gasteiger partial charge in [-0.2, -0.15) is 0 Å². The summed E-state index contributed by atoms with van der Waals surface area (Å²) in [6.07, 6.45) is 0. The van der Waals surface area contributed by atoms with Gasteiger partial charge in [0.1, 0.15) is 0 Å². The minimum Gasteiger partial charge on any atom is -0.463 e. The molecule has 0 aromatic rings. The molecule has 1 heterocycles. The van der Waals surface area contributed by atoms with Crippen LogP contribution in [0.2, 0.25) is 0 Å². The second kappa shape index (κ2) is 5.65. The van der Waals surface area contributed by atoms with E-state index in [1.165, 1.54) is 0 Å². The Morgan fingerprint density at radius 3 is 2.75 bits per heavy atom. The van der Waals surface area contributed by atoms with Crippen LogP contribution in [0.15, 0.2) is 12.2 Å². The van der Waals surface area contributed by atoms with Gasteiger partial charge in [-0.25, -0.2) is 4.79 Å². The minimum absolute atomic E-state index is 0.0721. The van der Waals surface area contributed by atoms with Crippen molar-refractivity contribution in [3.05, 3.63) is 12.2 Å². The van der Waals surface area contributed by atoms with Gasteiger partial charge in [-0.3, -0.25) is 9.69 Å². The molecule has 0 spiro atoms. The Morgan fingerprint density at radius 1 is 1.50 bits per heavy atom. The zero-order valence-corrected chi connectivity index (χ0v) is 9.86. The molecular formula is C11H18N2O3. The second-order valence-electron chi connectivity index (χ2n) is 3.85. The first-order valence-electron chi connectivity index (χ1n) is 5.35. The van der Waals surface area contributed by atoms with Gasteiger partial charge in [0, 0.05) is 32.3 Å².